The van der Waals surface area contributed by atoms with Gasteiger partial charge in [-0.05, 0) is 79.5 Å². The van der Waals surface area contributed by atoms with Crippen LogP contribution < -0.4 is 5.56 Å². The van der Waals surface area contributed by atoms with Gasteiger partial charge in [0.05, 0.1) is 9.67 Å². The molecule has 1 aliphatic rings. The van der Waals surface area contributed by atoms with E-state index < -0.39 is 0 Å². The zero-order valence-electron chi connectivity index (χ0n) is 15.4. The number of aromatic nitrogens is 1. The second-order valence-electron chi connectivity index (χ2n) is 7.13. The quantitative estimate of drug-likeness (QED) is 0.645. The van der Waals surface area contributed by atoms with Crippen LogP contribution in [0.4, 0.5) is 0 Å². The maximum Gasteiger partial charge on any atom is 0.262 e. The van der Waals surface area contributed by atoms with Crippen molar-refractivity contribution < 1.29 is 5.11 Å². The fourth-order valence-electron chi connectivity index (χ4n) is 3.41. The number of likely N-dealkylation sites (tertiary alicyclic amines) is 1. The van der Waals surface area contributed by atoms with Crippen molar-refractivity contribution in [3.63, 3.8) is 0 Å². The maximum absolute atomic E-state index is 12.3. The number of pyridine rings is 1. The van der Waals surface area contributed by atoms with Crippen molar-refractivity contribution in [2.75, 3.05) is 13.1 Å². The molecule has 0 amide bonds. The van der Waals surface area contributed by atoms with Crippen molar-refractivity contribution >= 4 is 34.4 Å². The van der Waals surface area contributed by atoms with E-state index in [4.69, 9.17) is 0 Å². The summed E-state index contributed by atoms with van der Waals surface area (Å²) in [5.74, 6) is 0. The van der Waals surface area contributed by atoms with Crippen LogP contribution in [0, 0.1) is 24.3 Å². The number of nitrogens with zero attached hydrogens (tertiary/aromatic N) is 1. The Morgan fingerprint density at radius 1 is 1.19 bits per heavy atom. The smallest absolute Gasteiger partial charge is 0.262 e. The van der Waals surface area contributed by atoms with Gasteiger partial charge < -0.3 is 10.1 Å². The van der Waals surface area contributed by atoms with Gasteiger partial charge in [0.15, 0.2) is 0 Å². The van der Waals surface area contributed by atoms with Gasteiger partial charge in [0.25, 0.3) is 5.56 Å². The molecule has 0 atom stereocenters. The molecule has 0 aliphatic carbocycles. The first-order valence-corrected chi connectivity index (χ1v) is 10.8. The van der Waals surface area contributed by atoms with E-state index in [1.54, 1.807) is 11.8 Å². The number of hydrogen-bond acceptors (Lipinski definition) is 4. The molecule has 6 heteroatoms. The van der Waals surface area contributed by atoms with Gasteiger partial charge in [-0.25, -0.2) is 0 Å². The van der Waals surface area contributed by atoms with Crippen LogP contribution in [0.2, 0.25) is 0 Å². The normalized spacial score (nSPS) is 16.2. The minimum atomic E-state index is -0.174. The summed E-state index contributed by atoms with van der Waals surface area (Å²) in [5.41, 5.74) is 4.57. The molecular formula is C20H25IN2O2S. The second kappa shape index (κ2) is 8.46. The Labute approximate surface area is 172 Å². The summed E-state index contributed by atoms with van der Waals surface area (Å²) in [7, 11) is 0. The fourth-order valence-corrected chi connectivity index (χ4v) is 5.45. The monoisotopic (exact) mass is 484 g/mol. The highest BCUT2D eigenvalue weighted by atomic mass is 127. The van der Waals surface area contributed by atoms with Crippen molar-refractivity contribution in [1.82, 2.24) is 9.88 Å². The molecule has 140 valence electrons. The Morgan fingerprint density at radius 2 is 1.81 bits per heavy atom. The molecule has 1 saturated heterocycles. The largest absolute Gasteiger partial charge is 0.393 e. The zero-order chi connectivity index (χ0) is 18.8. The molecule has 2 N–H and O–H groups in total. The molecular weight excluding hydrogens is 459 g/mol. The number of rotatable bonds is 4. The van der Waals surface area contributed by atoms with Crippen molar-refractivity contribution in [2.24, 2.45) is 0 Å². The third-order valence-electron chi connectivity index (χ3n) is 4.78. The van der Waals surface area contributed by atoms with Gasteiger partial charge in [-0.2, -0.15) is 0 Å². The van der Waals surface area contributed by atoms with Crippen LogP contribution in [0.15, 0.2) is 32.8 Å². The Morgan fingerprint density at radius 3 is 2.42 bits per heavy atom. The van der Waals surface area contributed by atoms with Crippen LogP contribution in [-0.4, -0.2) is 34.2 Å². The van der Waals surface area contributed by atoms with E-state index >= 15 is 0 Å². The predicted octanol–water partition coefficient (Wildman–Crippen LogP) is 4.01. The minimum absolute atomic E-state index is 0.0206. The van der Waals surface area contributed by atoms with Gasteiger partial charge >= 0.3 is 0 Å². The standard InChI is InChI=1S/C20H25IN2O2S/c1-12-8-13(2)10-16(9-12)26-19-17(14(3)22-20(25)18(19)21)11-23-6-4-15(24)5-7-23/h8-10,15,24H,4-7,11H2,1-3H3,(H,22,25). The fraction of sp³-hybridized carbons (Fsp3) is 0.450. The van der Waals surface area contributed by atoms with Crippen LogP contribution in [0.5, 0.6) is 0 Å². The first-order valence-electron chi connectivity index (χ1n) is 8.91. The Hall–Kier alpha value is -0.830. The lowest BCUT2D eigenvalue weighted by atomic mass is 10.1. The summed E-state index contributed by atoms with van der Waals surface area (Å²) in [6.45, 7) is 8.78. The number of nitrogens with one attached hydrogen (secondary N) is 1. The number of H-pyrrole nitrogens is 1. The SMILES string of the molecule is Cc1cc(C)cc(Sc2c(CN3CCC(O)CC3)c(C)[nH]c(=O)c2I)c1. The van der Waals surface area contributed by atoms with Crippen LogP contribution in [0.1, 0.15) is 35.2 Å². The van der Waals surface area contributed by atoms with Crippen molar-refractivity contribution in [3.8, 4) is 0 Å². The zero-order valence-corrected chi connectivity index (χ0v) is 18.4. The number of halogens is 1. The van der Waals surface area contributed by atoms with Crippen molar-refractivity contribution in [1.29, 1.82) is 0 Å². The number of aryl methyl sites for hydroxylation is 3. The molecule has 1 fully saturated rings. The number of aliphatic hydroxyl groups excluding tert-OH is 1. The molecule has 0 bridgehead atoms. The second-order valence-corrected chi connectivity index (χ2v) is 9.30. The van der Waals surface area contributed by atoms with Crippen LogP contribution in [0.25, 0.3) is 0 Å². The Bertz CT molecular complexity index is 837. The first kappa shape index (κ1) is 19.9. The molecule has 26 heavy (non-hydrogen) atoms. The van der Waals surface area contributed by atoms with Crippen molar-refractivity contribution in [2.45, 2.75) is 56.1 Å². The summed E-state index contributed by atoms with van der Waals surface area (Å²) in [5, 5.41) is 9.75. The van der Waals surface area contributed by atoms with E-state index in [0.29, 0.717) is 0 Å². The maximum atomic E-state index is 12.3. The van der Waals surface area contributed by atoms with E-state index in [1.165, 1.54) is 21.6 Å². The summed E-state index contributed by atoms with van der Waals surface area (Å²) >= 11 is 3.85. The van der Waals surface area contributed by atoms with Crippen LogP contribution in [-0.2, 0) is 6.54 Å². The van der Waals surface area contributed by atoms with E-state index in [9.17, 15) is 9.90 Å². The summed E-state index contributed by atoms with van der Waals surface area (Å²) < 4.78 is 0.754. The van der Waals surface area contributed by atoms with Crippen LogP contribution >= 0.6 is 34.4 Å². The number of aromatic amines is 1. The average Bonchev–Trinajstić information content (AvgIpc) is 2.56. The van der Waals surface area contributed by atoms with Gasteiger partial charge in [-0.3, -0.25) is 9.69 Å². The van der Waals surface area contributed by atoms with Gasteiger partial charge in [0.2, 0.25) is 0 Å². The van der Waals surface area contributed by atoms with E-state index in [1.807, 2.05) is 6.92 Å². The number of aliphatic hydroxyl groups is 1. The minimum Gasteiger partial charge on any atom is -0.393 e. The molecule has 3 rings (SSSR count). The molecule has 2 heterocycles. The van der Waals surface area contributed by atoms with Gasteiger partial charge in [0, 0.05) is 40.7 Å². The van der Waals surface area contributed by atoms with E-state index in [-0.39, 0.29) is 11.7 Å². The first-order chi connectivity index (χ1) is 12.3. The highest BCUT2D eigenvalue weighted by Crippen LogP contribution is 2.35. The molecule has 0 radical (unpaired) electrons. The summed E-state index contributed by atoms with van der Waals surface area (Å²) in [6, 6.07) is 6.51. The van der Waals surface area contributed by atoms with E-state index in [2.05, 4.69) is 64.5 Å². The lowest BCUT2D eigenvalue weighted by molar-refractivity contribution is 0.0787. The Balaban J connectivity index is 1.95. The Kier molecular flexibility index (Phi) is 6.48. The van der Waals surface area contributed by atoms with Crippen LogP contribution in [0.3, 0.4) is 0 Å². The predicted molar refractivity (Wildman–Crippen MR) is 115 cm³/mol. The molecule has 1 aromatic carbocycles. The molecule has 0 saturated carbocycles. The van der Waals surface area contributed by atoms with Gasteiger partial charge in [-0.1, -0.05) is 17.8 Å². The van der Waals surface area contributed by atoms with E-state index in [0.717, 1.165) is 46.6 Å². The highest BCUT2D eigenvalue weighted by Gasteiger charge is 2.21. The molecule has 1 aromatic heterocycles. The molecule has 4 nitrogen and oxygen atoms in total. The van der Waals surface area contributed by atoms with Gasteiger partial charge in [0.1, 0.15) is 0 Å². The lowest BCUT2D eigenvalue weighted by Gasteiger charge is -2.30. The molecule has 0 unspecified atom stereocenters. The topological polar surface area (TPSA) is 56.3 Å². The highest BCUT2D eigenvalue weighted by molar-refractivity contribution is 14.1. The number of benzene rings is 1. The van der Waals surface area contributed by atoms with Crippen molar-refractivity contribution in [3.05, 3.63) is 54.5 Å². The average molecular weight is 484 g/mol. The summed E-state index contributed by atoms with van der Waals surface area (Å²) in [6.07, 6.45) is 1.46. The third-order valence-corrected chi connectivity index (χ3v) is 7.30. The molecule has 0 spiro atoms. The summed E-state index contributed by atoms with van der Waals surface area (Å²) in [4.78, 5) is 19.9. The molecule has 2 aromatic rings. The van der Waals surface area contributed by atoms with Gasteiger partial charge in [-0.15, -0.1) is 0 Å². The molecule has 1 aliphatic heterocycles. The number of hydrogen-bond donors (Lipinski definition) is 2. The third kappa shape index (κ3) is 4.71. The lowest BCUT2D eigenvalue weighted by Crippen LogP contribution is -2.36. The number of piperidine rings is 1.